The van der Waals surface area contributed by atoms with Crippen molar-refractivity contribution in [1.29, 1.82) is 0 Å². The zero-order valence-corrected chi connectivity index (χ0v) is 18.1. The van der Waals surface area contributed by atoms with Gasteiger partial charge in [0.15, 0.2) is 0 Å². The van der Waals surface area contributed by atoms with Crippen LogP contribution in [0.1, 0.15) is 52.1 Å². The van der Waals surface area contributed by atoms with Gasteiger partial charge in [0.2, 0.25) is 11.8 Å². The molecule has 0 fully saturated rings. The first-order chi connectivity index (χ1) is 14.3. The first-order valence-electron chi connectivity index (χ1n) is 10.6. The SMILES string of the molecule is CC1=CC(CNC(=O)CCC(=O)O)C(C(C)C)CC1CC(=O)NCc1ccccn1. The Morgan fingerprint density at radius 2 is 1.93 bits per heavy atom. The van der Waals surface area contributed by atoms with E-state index in [0.717, 1.165) is 12.1 Å². The van der Waals surface area contributed by atoms with Crippen molar-refractivity contribution >= 4 is 17.8 Å². The predicted octanol–water partition coefficient (Wildman–Crippen LogP) is 2.92. The lowest BCUT2D eigenvalue weighted by Gasteiger charge is -2.37. The minimum atomic E-state index is -0.970. The summed E-state index contributed by atoms with van der Waals surface area (Å²) in [5, 5.41) is 14.5. The van der Waals surface area contributed by atoms with Gasteiger partial charge in [-0.15, -0.1) is 0 Å². The molecule has 1 heterocycles. The number of carboxylic acid groups (broad SMARTS) is 1. The molecule has 2 rings (SSSR count). The summed E-state index contributed by atoms with van der Waals surface area (Å²) in [6.45, 7) is 7.30. The largest absolute Gasteiger partial charge is 0.481 e. The number of rotatable bonds is 10. The molecule has 1 aliphatic carbocycles. The van der Waals surface area contributed by atoms with Gasteiger partial charge in [0.25, 0.3) is 0 Å². The standard InChI is InChI=1S/C23H33N3O4/c1-15(2)20-11-17(12-22(28)26-14-19-6-4-5-9-24-19)16(3)10-18(20)13-25-21(27)7-8-23(29)30/h4-6,9-10,15,17-18,20H,7-8,11-14H2,1-3H3,(H,25,27)(H,26,28)(H,29,30). The number of aromatic nitrogens is 1. The molecule has 1 aromatic heterocycles. The molecule has 3 atom stereocenters. The fourth-order valence-corrected chi connectivity index (χ4v) is 4.04. The summed E-state index contributed by atoms with van der Waals surface area (Å²) in [7, 11) is 0. The normalized spacial score (nSPS) is 21.1. The molecule has 0 radical (unpaired) electrons. The monoisotopic (exact) mass is 415 g/mol. The molecule has 7 heteroatoms. The van der Waals surface area contributed by atoms with Crippen LogP contribution in [0.25, 0.3) is 0 Å². The van der Waals surface area contributed by atoms with E-state index in [1.807, 2.05) is 25.1 Å². The van der Waals surface area contributed by atoms with Crippen LogP contribution in [0.15, 0.2) is 36.0 Å². The van der Waals surface area contributed by atoms with Gasteiger partial charge in [0, 0.05) is 25.6 Å². The number of allylic oxidation sites excluding steroid dienone is 1. The second-order valence-electron chi connectivity index (χ2n) is 8.41. The number of pyridine rings is 1. The molecule has 0 spiro atoms. The Morgan fingerprint density at radius 1 is 1.17 bits per heavy atom. The van der Waals surface area contributed by atoms with Crippen molar-refractivity contribution in [3.05, 3.63) is 41.7 Å². The maximum atomic E-state index is 12.5. The van der Waals surface area contributed by atoms with E-state index < -0.39 is 5.97 Å². The van der Waals surface area contributed by atoms with E-state index in [9.17, 15) is 14.4 Å². The molecule has 1 aromatic rings. The number of nitrogens with zero attached hydrogens (tertiary/aromatic N) is 1. The van der Waals surface area contributed by atoms with Crippen LogP contribution >= 0.6 is 0 Å². The number of hydrogen-bond acceptors (Lipinski definition) is 4. The van der Waals surface area contributed by atoms with Crippen LogP contribution in [0.2, 0.25) is 0 Å². The van der Waals surface area contributed by atoms with Gasteiger partial charge < -0.3 is 15.7 Å². The third-order valence-electron chi connectivity index (χ3n) is 5.81. The Hall–Kier alpha value is -2.70. The summed E-state index contributed by atoms with van der Waals surface area (Å²) >= 11 is 0. The van der Waals surface area contributed by atoms with Crippen LogP contribution in [-0.2, 0) is 20.9 Å². The van der Waals surface area contributed by atoms with Gasteiger partial charge >= 0.3 is 5.97 Å². The summed E-state index contributed by atoms with van der Waals surface area (Å²) in [5.74, 6) is -0.0609. The Labute approximate surface area is 178 Å². The van der Waals surface area contributed by atoms with Gasteiger partial charge in [-0.1, -0.05) is 31.6 Å². The van der Waals surface area contributed by atoms with Crippen molar-refractivity contribution in [2.24, 2.45) is 23.7 Å². The second kappa shape index (κ2) is 11.5. The Morgan fingerprint density at radius 3 is 2.57 bits per heavy atom. The van der Waals surface area contributed by atoms with Gasteiger partial charge in [-0.3, -0.25) is 19.4 Å². The van der Waals surface area contributed by atoms with Crippen molar-refractivity contribution < 1.29 is 19.5 Å². The number of carbonyl (C=O) groups excluding carboxylic acids is 2. The zero-order valence-electron chi connectivity index (χ0n) is 18.1. The molecule has 2 amide bonds. The predicted molar refractivity (Wildman–Crippen MR) is 114 cm³/mol. The molecule has 0 aromatic carbocycles. The Balaban J connectivity index is 1.91. The number of hydrogen-bond donors (Lipinski definition) is 3. The third kappa shape index (κ3) is 7.61. The van der Waals surface area contributed by atoms with Crippen LogP contribution in [0.4, 0.5) is 0 Å². The minimum absolute atomic E-state index is 0.00381. The number of amides is 2. The maximum Gasteiger partial charge on any atom is 0.303 e. The van der Waals surface area contributed by atoms with Gasteiger partial charge in [0.05, 0.1) is 18.7 Å². The van der Waals surface area contributed by atoms with E-state index in [-0.39, 0.29) is 36.5 Å². The molecule has 164 valence electrons. The molecule has 3 N–H and O–H groups in total. The molecule has 30 heavy (non-hydrogen) atoms. The first-order valence-corrected chi connectivity index (χ1v) is 10.6. The molecule has 0 saturated carbocycles. The van der Waals surface area contributed by atoms with Crippen molar-refractivity contribution in [1.82, 2.24) is 15.6 Å². The lowest BCUT2D eigenvalue weighted by Crippen LogP contribution is -2.37. The molecule has 0 aliphatic heterocycles. The lowest BCUT2D eigenvalue weighted by molar-refractivity contribution is -0.138. The lowest BCUT2D eigenvalue weighted by atomic mass is 9.69. The van der Waals surface area contributed by atoms with E-state index in [0.29, 0.717) is 31.3 Å². The van der Waals surface area contributed by atoms with Crippen LogP contribution in [0.3, 0.4) is 0 Å². The van der Waals surface area contributed by atoms with Gasteiger partial charge in [-0.2, -0.15) is 0 Å². The topological polar surface area (TPSA) is 108 Å². The number of carbonyl (C=O) groups is 3. The van der Waals surface area contributed by atoms with E-state index in [4.69, 9.17) is 5.11 Å². The van der Waals surface area contributed by atoms with Crippen molar-refractivity contribution in [3.8, 4) is 0 Å². The fourth-order valence-electron chi connectivity index (χ4n) is 4.04. The highest BCUT2D eigenvalue weighted by Crippen LogP contribution is 2.38. The van der Waals surface area contributed by atoms with Crippen LogP contribution in [0.5, 0.6) is 0 Å². The molecule has 3 unspecified atom stereocenters. The summed E-state index contributed by atoms with van der Waals surface area (Å²) in [5.41, 5.74) is 2.00. The van der Waals surface area contributed by atoms with E-state index >= 15 is 0 Å². The molecular formula is C23H33N3O4. The van der Waals surface area contributed by atoms with Crippen LogP contribution in [-0.4, -0.2) is 34.4 Å². The number of carboxylic acids is 1. The van der Waals surface area contributed by atoms with Crippen LogP contribution in [0, 0.1) is 23.7 Å². The van der Waals surface area contributed by atoms with Crippen molar-refractivity contribution in [3.63, 3.8) is 0 Å². The maximum absolute atomic E-state index is 12.5. The smallest absolute Gasteiger partial charge is 0.303 e. The quantitative estimate of drug-likeness (QED) is 0.509. The Kier molecular flexibility index (Phi) is 9.02. The Bertz CT molecular complexity index is 761. The highest BCUT2D eigenvalue weighted by Gasteiger charge is 2.32. The van der Waals surface area contributed by atoms with E-state index in [1.165, 1.54) is 5.57 Å². The average molecular weight is 416 g/mol. The van der Waals surface area contributed by atoms with E-state index in [2.05, 4.69) is 35.5 Å². The minimum Gasteiger partial charge on any atom is -0.481 e. The number of nitrogens with one attached hydrogen (secondary N) is 2. The number of aliphatic carboxylic acids is 1. The van der Waals surface area contributed by atoms with Crippen LogP contribution < -0.4 is 10.6 Å². The van der Waals surface area contributed by atoms with Gasteiger partial charge in [0.1, 0.15) is 0 Å². The molecule has 0 saturated heterocycles. The third-order valence-corrected chi connectivity index (χ3v) is 5.81. The first kappa shape index (κ1) is 23.6. The highest BCUT2D eigenvalue weighted by molar-refractivity contribution is 5.80. The van der Waals surface area contributed by atoms with Gasteiger partial charge in [-0.05, 0) is 49.1 Å². The van der Waals surface area contributed by atoms with Gasteiger partial charge in [-0.25, -0.2) is 0 Å². The fraction of sp³-hybridized carbons (Fsp3) is 0.565. The molecular weight excluding hydrogens is 382 g/mol. The molecule has 1 aliphatic rings. The summed E-state index contributed by atoms with van der Waals surface area (Å²) in [6.07, 6.45) is 5.07. The average Bonchev–Trinajstić information content (AvgIpc) is 2.71. The summed E-state index contributed by atoms with van der Waals surface area (Å²) in [4.78, 5) is 39.2. The zero-order chi connectivity index (χ0) is 22.1. The summed E-state index contributed by atoms with van der Waals surface area (Å²) in [6, 6.07) is 5.63. The van der Waals surface area contributed by atoms with Crippen molar-refractivity contribution in [2.45, 2.75) is 53.0 Å². The molecule has 0 bridgehead atoms. The summed E-state index contributed by atoms with van der Waals surface area (Å²) < 4.78 is 0. The van der Waals surface area contributed by atoms with E-state index in [1.54, 1.807) is 6.20 Å². The second-order valence-corrected chi connectivity index (χ2v) is 8.41. The molecule has 7 nitrogen and oxygen atoms in total. The highest BCUT2D eigenvalue weighted by atomic mass is 16.4. The van der Waals surface area contributed by atoms with Crippen molar-refractivity contribution in [2.75, 3.05) is 6.54 Å².